The third-order valence-electron chi connectivity index (χ3n) is 9.04. The highest BCUT2D eigenvalue weighted by molar-refractivity contribution is 7.93. The van der Waals surface area contributed by atoms with Crippen molar-refractivity contribution in [1.29, 1.82) is 5.26 Å². The topological polar surface area (TPSA) is 127 Å². The standard InChI is InChI=1S/C33H36N6O5S/c1-36(2)31(40)28-9-8-18-38(28)33(25-13-11-24(20-29(25)44-3)22-37-16-6-7-17-37)26-19-23(21-34)12-14-27(26)39(32(33)41)45(42,43)30-10-4-5-15-35-30/h4-5,10-15,19-20,28H,6-9,16-18,22H2,1-3H3/t28-,33?/m0/s1. The van der Waals surface area contributed by atoms with Gasteiger partial charge in [-0.1, -0.05) is 18.2 Å². The molecule has 4 heterocycles. The molecule has 2 atom stereocenters. The molecular formula is C33H36N6O5S. The number of nitriles is 1. The summed E-state index contributed by atoms with van der Waals surface area (Å²) in [4.78, 5) is 38.7. The molecule has 2 saturated heterocycles. The number of methoxy groups -OCH3 is 1. The van der Waals surface area contributed by atoms with E-state index in [1.54, 1.807) is 32.3 Å². The third-order valence-corrected chi connectivity index (χ3v) is 10.7. The van der Waals surface area contributed by atoms with Gasteiger partial charge in [0.1, 0.15) is 5.75 Å². The monoisotopic (exact) mass is 628 g/mol. The maximum Gasteiger partial charge on any atom is 0.288 e. The average molecular weight is 629 g/mol. The van der Waals surface area contributed by atoms with E-state index in [9.17, 15) is 18.5 Å². The van der Waals surface area contributed by atoms with Crippen molar-refractivity contribution >= 4 is 27.5 Å². The number of sulfonamides is 1. The highest BCUT2D eigenvalue weighted by atomic mass is 32.2. The summed E-state index contributed by atoms with van der Waals surface area (Å²) in [5.41, 5.74) is 0.264. The zero-order valence-corrected chi connectivity index (χ0v) is 26.5. The Balaban J connectivity index is 1.64. The minimum atomic E-state index is -4.51. The predicted octanol–water partition coefficient (Wildman–Crippen LogP) is 3.09. The quantitative estimate of drug-likeness (QED) is 0.370. The molecule has 234 valence electrons. The Morgan fingerprint density at radius 2 is 1.84 bits per heavy atom. The van der Waals surface area contributed by atoms with E-state index in [2.05, 4.69) is 16.0 Å². The molecule has 2 fully saturated rings. The SMILES string of the molecule is COc1cc(CN2CCCC2)ccc1C1(N2CCC[C@H]2C(=O)N(C)C)C(=O)N(S(=O)(=O)c2ccccn2)c2ccc(C#N)cc21. The summed E-state index contributed by atoms with van der Waals surface area (Å²) in [7, 11) is 0.338. The summed E-state index contributed by atoms with van der Waals surface area (Å²) in [6.45, 7) is 3.04. The highest BCUT2D eigenvalue weighted by Gasteiger charge is 2.63. The minimum Gasteiger partial charge on any atom is -0.496 e. The number of hydrogen-bond acceptors (Lipinski definition) is 9. The molecule has 0 aliphatic carbocycles. The van der Waals surface area contributed by atoms with Crippen molar-refractivity contribution in [1.82, 2.24) is 19.7 Å². The van der Waals surface area contributed by atoms with Crippen LogP contribution in [0.25, 0.3) is 0 Å². The Kier molecular flexibility index (Phi) is 8.11. The third kappa shape index (κ3) is 4.95. The van der Waals surface area contributed by atoms with E-state index in [1.807, 2.05) is 23.1 Å². The largest absolute Gasteiger partial charge is 0.496 e. The number of nitrogens with zero attached hydrogens (tertiary/aromatic N) is 6. The van der Waals surface area contributed by atoms with E-state index in [4.69, 9.17) is 4.74 Å². The molecular weight excluding hydrogens is 592 g/mol. The lowest BCUT2D eigenvalue weighted by molar-refractivity contribution is -0.138. The molecule has 2 amide bonds. The van der Waals surface area contributed by atoms with Crippen molar-refractivity contribution in [3.05, 3.63) is 83.0 Å². The van der Waals surface area contributed by atoms with Crippen LogP contribution < -0.4 is 9.04 Å². The van der Waals surface area contributed by atoms with E-state index in [0.717, 1.165) is 35.8 Å². The van der Waals surface area contributed by atoms with Gasteiger partial charge in [-0.25, -0.2) is 4.98 Å². The van der Waals surface area contributed by atoms with Crippen molar-refractivity contribution < 1.29 is 22.7 Å². The molecule has 2 aromatic carbocycles. The van der Waals surface area contributed by atoms with Gasteiger partial charge in [0.25, 0.3) is 15.9 Å². The van der Waals surface area contributed by atoms with Gasteiger partial charge in [-0.15, -0.1) is 0 Å². The average Bonchev–Trinajstić information content (AvgIpc) is 3.80. The van der Waals surface area contributed by atoms with Gasteiger partial charge in [0.15, 0.2) is 10.6 Å². The Morgan fingerprint density at radius 3 is 2.51 bits per heavy atom. The fraction of sp³-hybridized carbons (Fsp3) is 0.394. The van der Waals surface area contributed by atoms with Gasteiger partial charge in [0, 0.05) is 44.5 Å². The second-order valence-electron chi connectivity index (χ2n) is 11.9. The van der Waals surface area contributed by atoms with E-state index in [0.29, 0.717) is 42.8 Å². The summed E-state index contributed by atoms with van der Waals surface area (Å²) in [6.07, 6.45) is 4.72. The fourth-order valence-corrected chi connectivity index (χ4v) is 8.42. The van der Waals surface area contributed by atoms with Crippen molar-refractivity contribution in [3.8, 4) is 11.8 Å². The summed E-state index contributed by atoms with van der Waals surface area (Å²) in [5, 5.41) is 9.66. The van der Waals surface area contributed by atoms with E-state index >= 15 is 4.79 Å². The lowest BCUT2D eigenvalue weighted by Crippen LogP contribution is -2.59. The first-order valence-corrected chi connectivity index (χ1v) is 16.5. The van der Waals surface area contributed by atoms with Crippen LogP contribution in [0.3, 0.4) is 0 Å². The molecule has 0 spiro atoms. The van der Waals surface area contributed by atoms with Gasteiger partial charge in [-0.2, -0.15) is 18.0 Å². The maximum atomic E-state index is 15.3. The van der Waals surface area contributed by atoms with Gasteiger partial charge in [-0.05, 0) is 80.7 Å². The van der Waals surface area contributed by atoms with Gasteiger partial charge in [0.2, 0.25) is 5.91 Å². The summed E-state index contributed by atoms with van der Waals surface area (Å²) in [6, 6.07) is 16.1. The van der Waals surface area contributed by atoms with Gasteiger partial charge < -0.3 is 9.64 Å². The number of carbonyl (C=O) groups excluding carboxylic acids is 2. The van der Waals surface area contributed by atoms with Crippen LogP contribution in [-0.4, -0.2) is 86.8 Å². The van der Waals surface area contributed by atoms with Gasteiger partial charge in [0.05, 0.1) is 30.5 Å². The second-order valence-corrected chi connectivity index (χ2v) is 13.6. The first-order chi connectivity index (χ1) is 21.6. The molecule has 0 N–H and O–H groups in total. The number of ether oxygens (including phenoxy) is 1. The molecule has 1 unspecified atom stereocenters. The van der Waals surface area contributed by atoms with Crippen LogP contribution in [0, 0.1) is 11.3 Å². The molecule has 3 aliphatic heterocycles. The Labute approximate surface area is 263 Å². The van der Waals surface area contributed by atoms with Crippen LogP contribution in [0.4, 0.5) is 5.69 Å². The Morgan fingerprint density at radius 1 is 1.07 bits per heavy atom. The number of fused-ring (bicyclic) bond motifs is 1. The number of carbonyl (C=O) groups is 2. The van der Waals surface area contributed by atoms with Crippen LogP contribution >= 0.6 is 0 Å². The minimum absolute atomic E-state index is 0.107. The fourth-order valence-electron chi connectivity index (χ4n) is 7.02. The molecule has 3 aliphatic rings. The predicted molar refractivity (Wildman–Crippen MR) is 167 cm³/mol. The lowest BCUT2D eigenvalue weighted by atomic mass is 9.80. The number of hydrogen-bond donors (Lipinski definition) is 0. The summed E-state index contributed by atoms with van der Waals surface area (Å²) in [5.74, 6) is -0.580. The number of anilines is 1. The van der Waals surface area contributed by atoms with Crippen LogP contribution in [0.2, 0.25) is 0 Å². The van der Waals surface area contributed by atoms with Crippen LogP contribution in [0.5, 0.6) is 5.75 Å². The van der Waals surface area contributed by atoms with Gasteiger partial charge >= 0.3 is 0 Å². The number of pyridine rings is 1. The Hall–Kier alpha value is -4.31. The smallest absolute Gasteiger partial charge is 0.288 e. The van der Waals surface area contributed by atoms with E-state index < -0.39 is 27.5 Å². The maximum absolute atomic E-state index is 15.3. The Bertz CT molecular complexity index is 1780. The number of likely N-dealkylation sites (tertiary alicyclic amines) is 2. The molecule has 1 aromatic heterocycles. The normalized spacial score (nSPS) is 22.0. The molecule has 11 nitrogen and oxygen atoms in total. The van der Waals surface area contributed by atoms with Crippen molar-refractivity contribution in [2.45, 2.75) is 48.8 Å². The molecule has 6 rings (SSSR count). The van der Waals surface area contributed by atoms with Gasteiger partial charge in [-0.3, -0.25) is 19.4 Å². The number of likely N-dealkylation sites (N-methyl/N-ethyl adjacent to an activating group) is 1. The zero-order valence-electron chi connectivity index (χ0n) is 25.6. The first-order valence-electron chi connectivity index (χ1n) is 15.1. The second kappa shape index (κ2) is 11.9. The van der Waals surface area contributed by atoms with E-state index in [1.165, 1.54) is 36.4 Å². The first kappa shape index (κ1) is 30.7. The highest BCUT2D eigenvalue weighted by Crippen LogP contribution is 2.54. The molecule has 12 heteroatoms. The molecule has 45 heavy (non-hydrogen) atoms. The van der Waals surface area contributed by atoms with Crippen LogP contribution in [0.15, 0.2) is 65.8 Å². The number of rotatable bonds is 8. The molecule has 0 bridgehead atoms. The van der Waals surface area contributed by atoms with E-state index in [-0.39, 0.29) is 22.2 Å². The zero-order chi connectivity index (χ0) is 31.9. The van der Waals surface area contributed by atoms with Crippen LogP contribution in [0.1, 0.15) is 47.9 Å². The molecule has 3 aromatic rings. The summed E-state index contributed by atoms with van der Waals surface area (Å²) >= 11 is 0. The number of amides is 2. The van der Waals surface area contributed by atoms with Crippen molar-refractivity contribution in [2.24, 2.45) is 0 Å². The summed E-state index contributed by atoms with van der Waals surface area (Å²) < 4.78 is 35.3. The molecule has 0 radical (unpaired) electrons. The lowest BCUT2D eigenvalue weighted by Gasteiger charge is -2.42. The van der Waals surface area contributed by atoms with Crippen molar-refractivity contribution in [2.75, 3.05) is 45.1 Å². The van der Waals surface area contributed by atoms with Crippen LogP contribution in [-0.2, 0) is 31.7 Å². The van der Waals surface area contributed by atoms with Crippen molar-refractivity contribution in [3.63, 3.8) is 0 Å². The number of aromatic nitrogens is 1. The number of benzene rings is 2. The molecule has 0 saturated carbocycles.